The lowest BCUT2D eigenvalue weighted by Gasteiger charge is -2.20. The molecule has 0 atom stereocenters. The Balaban J connectivity index is 1.62. The van der Waals surface area contributed by atoms with E-state index in [2.05, 4.69) is 5.32 Å². The fourth-order valence-corrected chi connectivity index (χ4v) is 2.97. The molecule has 1 aliphatic heterocycles. The topological polar surface area (TPSA) is 67.9 Å². The second-order valence-electron chi connectivity index (χ2n) is 6.39. The van der Waals surface area contributed by atoms with Crippen LogP contribution in [0.15, 0.2) is 42.5 Å². The van der Waals surface area contributed by atoms with Crippen LogP contribution in [0, 0.1) is 0 Å². The first-order valence-corrected chi connectivity index (χ1v) is 8.86. The molecule has 1 fully saturated rings. The number of hydrogen-bond acceptors (Lipinski definition) is 4. The van der Waals surface area contributed by atoms with Gasteiger partial charge in [-0.2, -0.15) is 13.2 Å². The van der Waals surface area contributed by atoms with Crippen molar-refractivity contribution in [1.29, 1.82) is 0 Å². The number of benzene rings is 2. The van der Waals surface area contributed by atoms with Crippen molar-refractivity contribution in [3.8, 4) is 11.5 Å². The third-order valence-electron chi connectivity index (χ3n) is 4.38. The van der Waals surface area contributed by atoms with E-state index in [0.29, 0.717) is 30.1 Å². The van der Waals surface area contributed by atoms with Crippen LogP contribution < -0.4 is 19.7 Å². The molecule has 1 saturated heterocycles. The lowest BCUT2D eigenvalue weighted by atomic mass is 10.2. The average molecular weight is 408 g/mol. The number of carbonyl (C=O) groups excluding carboxylic acids is 2. The highest BCUT2D eigenvalue weighted by atomic mass is 19.4. The van der Waals surface area contributed by atoms with E-state index in [-0.39, 0.29) is 18.3 Å². The zero-order valence-corrected chi connectivity index (χ0v) is 15.6. The van der Waals surface area contributed by atoms with E-state index < -0.39 is 17.6 Å². The summed E-state index contributed by atoms with van der Waals surface area (Å²) in [5, 5.41) is 2.64. The fraction of sp³-hybridized carbons (Fsp3) is 0.300. The van der Waals surface area contributed by atoms with E-state index in [1.807, 2.05) is 0 Å². The van der Waals surface area contributed by atoms with Gasteiger partial charge in [-0.05, 0) is 48.9 Å². The van der Waals surface area contributed by atoms with E-state index in [4.69, 9.17) is 9.47 Å². The average Bonchev–Trinajstić information content (AvgIpc) is 3.11. The monoisotopic (exact) mass is 408 g/mol. The molecule has 1 aliphatic rings. The molecule has 29 heavy (non-hydrogen) atoms. The zero-order valence-electron chi connectivity index (χ0n) is 15.6. The summed E-state index contributed by atoms with van der Waals surface area (Å²) in [7, 11) is 1.50. The van der Waals surface area contributed by atoms with Crippen LogP contribution in [0.25, 0.3) is 0 Å². The van der Waals surface area contributed by atoms with Gasteiger partial charge in [0.05, 0.1) is 18.4 Å². The van der Waals surface area contributed by atoms with Gasteiger partial charge in [0.25, 0.3) is 5.91 Å². The number of alkyl halides is 3. The lowest BCUT2D eigenvalue weighted by molar-refractivity contribution is -0.137. The third kappa shape index (κ3) is 4.98. The van der Waals surface area contributed by atoms with Gasteiger partial charge in [-0.3, -0.25) is 9.59 Å². The summed E-state index contributed by atoms with van der Waals surface area (Å²) >= 11 is 0. The van der Waals surface area contributed by atoms with Gasteiger partial charge >= 0.3 is 6.18 Å². The van der Waals surface area contributed by atoms with Crippen LogP contribution in [0.5, 0.6) is 11.5 Å². The molecule has 2 amide bonds. The number of nitrogens with zero attached hydrogens (tertiary/aromatic N) is 1. The van der Waals surface area contributed by atoms with Crippen molar-refractivity contribution < 1.29 is 32.2 Å². The van der Waals surface area contributed by atoms with Crippen molar-refractivity contribution in [2.75, 3.05) is 30.5 Å². The van der Waals surface area contributed by atoms with Crippen molar-refractivity contribution in [2.45, 2.75) is 19.0 Å². The van der Waals surface area contributed by atoms with Gasteiger partial charge in [0, 0.05) is 18.7 Å². The maximum atomic E-state index is 12.6. The molecule has 1 N–H and O–H groups in total. The minimum Gasteiger partial charge on any atom is -0.495 e. The predicted octanol–water partition coefficient (Wildman–Crippen LogP) is 3.86. The molecule has 9 heteroatoms. The molecule has 2 aromatic carbocycles. The SMILES string of the molecule is COc1ccc(NC(=O)COc2ccc(C(F)(F)F)cc2)cc1N1CCCC1=O. The van der Waals surface area contributed by atoms with Crippen LogP contribution in [-0.4, -0.2) is 32.1 Å². The number of methoxy groups -OCH3 is 1. The second-order valence-corrected chi connectivity index (χ2v) is 6.39. The van der Waals surface area contributed by atoms with Gasteiger partial charge in [-0.25, -0.2) is 0 Å². The van der Waals surface area contributed by atoms with Crippen LogP contribution in [0.3, 0.4) is 0 Å². The molecular formula is C20H19F3N2O4. The summed E-state index contributed by atoms with van der Waals surface area (Å²) in [4.78, 5) is 25.8. The molecule has 3 rings (SSSR count). The number of anilines is 2. The quantitative estimate of drug-likeness (QED) is 0.788. The molecule has 0 unspecified atom stereocenters. The Kier molecular flexibility index (Phi) is 5.95. The minimum atomic E-state index is -4.43. The number of carbonyl (C=O) groups is 2. The molecule has 0 aliphatic carbocycles. The molecule has 0 aromatic heterocycles. The van der Waals surface area contributed by atoms with E-state index in [1.165, 1.54) is 7.11 Å². The summed E-state index contributed by atoms with van der Waals surface area (Å²) in [6.45, 7) is 0.193. The number of ether oxygens (including phenoxy) is 2. The molecular weight excluding hydrogens is 389 g/mol. The minimum absolute atomic E-state index is 0.0163. The van der Waals surface area contributed by atoms with E-state index in [0.717, 1.165) is 30.7 Å². The third-order valence-corrected chi connectivity index (χ3v) is 4.38. The molecule has 6 nitrogen and oxygen atoms in total. The Hall–Kier alpha value is -3.23. The number of amides is 2. The summed E-state index contributed by atoms with van der Waals surface area (Å²) in [5.41, 5.74) is 0.217. The van der Waals surface area contributed by atoms with Gasteiger partial charge in [-0.1, -0.05) is 0 Å². The first kappa shape index (κ1) is 20.5. The number of halogens is 3. The first-order chi connectivity index (χ1) is 13.8. The normalized spacial score (nSPS) is 14.1. The van der Waals surface area contributed by atoms with Gasteiger partial charge in [0.1, 0.15) is 11.5 Å². The van der Waals surface area contributed by atoms with Crippen LogP contribution >= 0.6 is 0 Å². The van der Waals surface area contributed by atoms with Crippen molar-refractivity contribution >= 4 is 23.2 Å². The lowest BCUT2D eigenvalue weighted by Crippen LogP contribution is -2.25. The maximum absolute atomic E-state index is 12.6. The first-order valence-electron chi connectivity index (χ1n) is 8.86. The molecule has 154 valence electrons. The second kappa shape index (κ2) is 8.42. The van der Waals surface area contributed by atoms with Crippen LogP contribution in [0.4, 0.5) is 24.5 Å². The summed E-state index contributed by atoms with van der Waals surface area (Å²) in [5.74, 6) is 0.150. The highest BCUT2D eigenvalue weighted by Gasteiger charge is 2.30. The Morgan fingerprint density at radius 3 is 2.48 bits per heavy atom. The molecule has 0 bridgehead atoms. The standard InChI is InChI=1S/C20H19F3N2O4/c1-28-17-9-6-14(11-16(17)25-10-2-3-19(25)27)24-18(26)12-29-15-7-4-13(5-8-15)20(21,22)23/h4-9,11H,2-3,10,12H2,1H3,(H,24,26). The maximum Gasteiger partial charge on any atom is 0.416 e. The highest BCUT2D eigenvalue weighted by Crippen LogP contribution is 2.34. The predicted molar refractivity (Wildman–Crippen MR) is 100 cm³/mol. The van der Waals surface area contributed by atoms with Gasteiger partial charge in [0.15, 0.2) is 6.61 Å². The van der Waals surface area contributed by atoms with Crippen LogP contribution in [-0.2, 0) is 15.8 Å². The molecule has 0 spiro atoms. The van der Waals surface area contributed by atoms with Gasteiger partial charge in [0.2, 0.25) is 5.91 Å². The van der Waals surface area contributed by atoms with Gasteiger partial charge in [-0.15, -0.1) is 0 Å². The number of rotatable bonds is 6. The fourth-order valence-electron chi connectivity index (χ4n) is 2.97. The van der Waals surface area contributed by atoms with Crippen LogP contribution in [0.2, 0.25) is 0 Å². The zero-order chi connectivity index (χ0) is 21.0. The van der Waals surface area contributed by atoms with Crippen molar-refractivity contribution in [1.82, 2.24) is 0 Å². The van der Waals surface area contributed by atoms with Crippen molar-refractivity contribution in [3.05, 3.63) is 48.0 Å². The Morgan fingerprint density at radius 2 is 1.90 bits per heavy atom. The van der Waals surface area contributed by atoms with Crippen molar-refractivity contribution in [3.63, 3.8) is 0 Å². The summed E-state index contributed by atoms with van der Waals surface area (Å²) < 4.78 is 48.2. The molecule has 2 aromatic rings. The number of nitrogens with one attached hydrogen (secondary N) is 1. The summed E-state index contributed by atoms with van der Waals surface area (Å²) in [6.07, 6.45) is -3.22. The highest BCUT2D eigenvalue weighted by molar-refractivity contribution is 5.98. The van der Waals surface area contributed by atoms with E-state index in [1.54, 1.807) is 23.1 Å². The van der Waals surface area contributed by atoms with Gasteiger partial charge < -0.3 is 19.7 Å². The smallest absolute Gasteiger partial charge is 0.416 e. The van der Waals surface area contributed by atoms with Crippen LogP contribution in [0.1, 0.15) is 18.4 Å². The Morgan fingerprint density at radius 1 is 1.17 bits per heavy atom. The molecule has 0 saturated carbocycles. The molecule has 0 radical (unpaired) electrons. The Bertz CT molecular complexity index is 898. The van der Waals surface area contributed by atoms with Crippen molar-refractivity contribution in [2.24, 2.45) is 0 Å². The largest absolute Gasteiger partial charge is 0.495 e. The Labute approximate surface area is 165 Å². The molecule has 1 heterocycles. The number of hydrogen-bond donors (Lipinski definition) is 1. The van der Waals surface area contributed by atoms with E-state index in [9.17, 15) is 22.8 Å². The van der Waals surface area contributed by atoms with E-state index >= 15 is 0 Å². The summed E-state index contributed by atoms with van der Waals surface area (Å²) in [6, 6.07) is 8.98.